The lowest BCUT2D eigenvalue weighted by molar-refractivity contribution is -0.136. The summed E-state index contributed by atoms with van der Waals surface area (Å²) in [6.07, 6.45) is 1.15. The third-order valence-corrected chi connectivity index (χ3v) is 7.64. The number of halogens is 2. The van der Waals surface area contributed by atoms with Crippen LogP contribution in [0.1, 0.15) is 29.5 Å². The molecule has 1 fully saturated rings. The van der Waals surface area contributed by atoms with Crippen LogP contribution in [0.2, 0.25) is 0 Å². The third kappa shape index (κ3) is 4.97. The van der Waals surface area contributed by atoms with E-state index in [0.29, 0.717) is 36.6 Å². The molecule has 2 amide bonds. The van der Waals surface area contributed by atoms with Crippen molar-refractivity contribution in [2.75, 3.05) is 18.4 Å². The number of sulfonamides is 1. The minimum absolute atomic E-state index is 0.0681. The maximum absolute atomic E-state index is 13.7. The van der Waals surface area contributed by atoms with Crippen molar-refractivity contribution < 1.29 is 26.8 Å². The van der Waals surface area contributed by atoms with Crippen LogP contribution in [0.4, 0.5) is 14.5 Å². The Morgan fingerprint density at radius 2 is 1.72 bits per heavy atom. The molecule has 0 aliphatic carbocycles. The molecule has 32 heavy (non-hydrogen) atoms. The topological polar surface area (TPSA) is 95.6 Å². The molecule has 1 aliphatic rings. The van der Waals surface area contributed by atoms with Gasteiger partial charge >= 0.3 is 11.8 Å². The number of carbonyl (C=O) groups is 2. The lowest BCUT2D eigenvalue weighted by Gasteiger charge is -2.26. The molecular weight excluding hydrogens is 440 g/mol. The molecule has 2 aromatic carbocycles. The average molecular weight is 466 g/mol. The Hall–Kier alpha value is -2.85. The summed E-state index contributed by atoms with van der Waals surface area (Å²) in [7, 11) is -3.80. The number of hydrogen-bond acceptors (Lipinski definition) is 4. The van der Waals surface area contributed by atoms with Crippen LogP contribution < -0.4 is 10.6 Å². The highest BCUT2D eigenvalue weighted by Gasteiger charge is 2.37. The van der Waals surface area contributed by atoms with E-state index >= 15 is 0 Å². The van der Waals surface area contributed by atoms with Gasteiger partial charge in [0.05, 0.1) is 10.6 Å². The molecule has 7 nitrogen and oxygen atoms in total. The van der Waals surface area contributed by atoms with E-state index < -0.39 is 39.5 Å². The Bertz CT molecular complexity index is 1140. The van der Waals surface area contributed by atoms with Crippen LogP contribution in [0.5, 0.6) is 0 Å². The van der Waals surface area contributed by atoms with Crippen molar-refractivity contribution >= 4 is 27.5 Å². The smallest absolute Gasteiger partial charge is 0.313 e. The monoisotopic (exact) mass is 465 g/mol. The van der Waals surface area contributed by atoms with Gasteiger partial charge in [-0.05, 0) is 56.9 Å². The fraction of sp³-hybridized carbons (Fsp3) is 0.364. The van der Waals surface area contributed by atoms with Crippen molar-refractivity contribution in [2.24, 2.45) is 0 Å². The number of carbonyl (C=O) groups excluding carboxylic acids is 2. The molecule has 10 heteroatoms. The summed E-state index contributed by atoms with van der Waals surface area (Å²) in [5.41, 5.74) is 1.94. The Morgan fingerprint density at radius 1 is 1.06 bits per heavy atom. The van der Waals surface area contributed by atoms with Gasteiger partial charge in [0.2, 0.25) is 10.0 Å². The first-order chi connectivity index (χ1) is 15.0. The highest BCUT2D eigenvalue weighted by atomic mass is 32.2. The summed E-state index contributed by atoms with van der Waals surface area (Å²) in [4.78, 5) is 24.5. The van der Waals surface area contributed by atoms with Gasteiger partial charge in [-0.25, -0.2) is 17.2 Å². The van der Waals surface area contributed by atoms with Crippen molar-refractivity contribution in [3.63, 3.8) is 0 Å². The molecular formula is C22H25F2N3O4S. The number of anilines is 1. The van der Waals surface area contributed by atoms with E-state index in [2.05, 4.69) is 10.6 Å². The zero-order chi connectivity index (χ0) is 23.6. The predicted molar refractivity (Wildman–Crippen MR) is 116 cm³/mol. The number of amides is 2. The van der Waals surface area contributed by atoms with E-state index in [1.807, 2.05) is 19.1 Å². The molecule has 1 heterocycles. The first-order valence-corrected chi connectivity index (χ1v) is 11.6. The Kier molecular flexibility index (Phi) is 6.94. The minimum atomic E-state index is -3.80. The second-order valence-corrected chi connectivity index (χ2v) is 9.76. The van der Waals surface area contributed by atoms with Crippen LogP contribution in [-0.2, 0) is 19.6 Å². The maximum Gasteiger partial charge on any atom is 0.313 e. The first kappa shape index (κ1) is 23.8. The van der Waals surface area contributed by atoms with Crippen LogP contribution in [-0.4, -0.2) is 43.7 Å². The molecule has 172 valence electrons. The molecule has 0 unspecified atom stereocenters. The number of nitrogens with one attached hydrogen (secondary N) is 2. The quantitative estimate of drug-likeness (QED) is 0.664. The van der Waals surface area contributed by atoms with Crippen molar-refractivity contribution in [2.45, 2.75) is 44.6 Å². The van der Waals surface area contributed by atoms with Crippen LogP contribution in [0.15, 0.2) is 35.2 Å². The summed E-state index contributed by atoms with van der Waals surface area (Å²) >= 11 is 0. The molecule has 2 aromatic rings. The van der Waals surface area contributed by atoms with E-state index in [1.165, 1.54) is 4.31 Å². The van der Waals surface area contributed by atoms with Gasteiger partial charge < -0.3 is 10.6 Å². The van der Waals surface area contributed by atoms with Gasteiger partial charge in [0, 0.05) is 25.2 Å². The fourth-order valence-corrected chi connectivity index (χ4v) is 6.19. The lowest BCUT2D eigenvalue weighted by atomic mass is 10.1. The fourth-order valence-electron chi connectivity index (χ4n) is 4.08. The Morgan fingerprint density at radius 3 is 2.34 bits per heavy atom. The Labute approximate surface area is 185 Å². The normalized spacial score (nSPS) is 16.7. The van der Waals surface area contributed by atoms with Gasteiger partial charge in [-0.1, -0.05) is 17.7 Å². The van der Waals surface area contributed by atoms with Gasteiger partial charge in [-0.3, -0.25) is 9.59 Å². The highest BCUT2D eigenvalue weighted by molar-refractivity contribution is 7.89. The molecule has 0 aromatic heterocycles. The molecule has 1 atom stereocenters. The van der Waals surface area contributed by atoms with Crippen LogP contribution in [0.25, 0.3) is 0 Å². The maximum atomic E-state index is 13.7. The first-order valence-electron chi connectivity index (χ1n) is 10.1. The number of rotatable bonds is 5. The summed E-state index contributed by atoms with van der Waals surface area (Å²) in [5, 5.41) is 4.49. The molecule has 0 spiro atoms. The predicted octanol–water partition coefficient (Wildman–Crippen LogP) is 2.80. The highest BCUT2D eigenvalue weighted by Crippen LogP contribution is 2.30. The van der Waals surface area contributed by atoms with E-state index in [1.54, 1.807) is 13.8 Å². The molecule has 0 saturated carbocycles. The molecule has 1 aliphatic heterocycles. The van der Waals surface area contributed by atoms with E-state index in [-0.39, 0.29) is 17.1 Å². The zero-order valence-electron chi connectivity index (χ0n) is 18.0. The summed E-state index contributed by atoms with van der Waals surface area (Å²) < 4.78 is 54.7. The standard InChI is InChI=1S/C22H25F2N3O4S/c1-13-9-14(2)20(15(3)10-13)32(30,31)27-8-4-5-17(27)12-25-21(28)22(29)26-19-7-6-16(23)11-18(19)24/h6-7,9-11,17H,4-5,8,12H2,1-3H3,(H,25,28)(H,26,29)/t17-/m0/s1. The average Bonchev–Trinajstić information content (AvgIpc) is 3.16. The lowest BCUT2D eigenvalue weighted by Crippen LogP contribution is -2.45. The van der Waals surface area contributed by atoms with Gasteiger partial charge in [0.25, 0.3) is 0 Å². The third-order valence-electron chi connectivity index (χ3n) is 5.38. The zero-order valence-corrected chi connectivity index (χ0v) is 18.9. The van der Waals surface area contributed by atoms with E-state index in [0.717, 1.165) is 17.7 Å². The van der Waals surface area contributed by atoms with Crippen molar-refractivity contribution in [3.8, 4) is 0 Å². The second kappa shape index (κ2) is 9.33. The van der Waals surface area contributed by atoms with Gasteiger partial charge in [0.15, 0.2) is 0 Å². The largest absolute Gasteiger partial charge is 0.346 e. The van der Waals surface area contributed by atoms with Gasteiger partial charge in [-0.15, -0.1) is 0 Å². The van der Waals surface area contributed by atoms with Crippen LogP contribution >= 0.6 is 0 Å². The second-order valence-electron chi connectivity index (χ2n) is 7.93. The molecule has 3 rings (SSSR count). The van der Waals surface area contributed by atoms with E-state index in [9.17, 15) is 26.8 Å². The number of nitrogens with zero attached hydrogens (tertiary/aromatic N) is 1. The van der Waals surface area contributed by atoms with Crippen molar-refractivity contribution in [3.05, 3.63) is 58.7 Å². The van der Waals surface area contributed by atoms with Gasteiger partial charge in [0.1, 0.15) is 11.6 Å². The molecule has 0 radical (unpaired) electrons. The Balaban J connectivity index is 1.68. The van der Waals surface area contributed by atoms with Crippen molar-refractivity contribution in [1.82, 2.24) is 9.62 Å². The summed E-state index contributed by atoms with van der Waals surface area (Å²) in [5.74, 6) is -4.00. The SMILES string of the molecule is Cc1cc(C)c(S(=O)(=O)N2CCC[C@H]2CNC(=O)C(=O)Nc2ccc(F)cc2F)c(C)c1. The van der Waals surface area contributed by atoms with Crippen LogP contribution in [0.3, 0.4) is 0 Å². The molecule has 2 N–H and O–H groups in total. The minimum Gasteiger partial charge on any atom is -0.346 e. The number of benzene rings is 2. The summed E-state index contributed by atoms with van der Waals surface area (Å²) in [6, 6.07) is 5.65. The number of hydrogen-bond donors (Lipinski definition) is 2. The summed E-state index contributed by atoms with van der Waals surface area (Å²) in [6.45, 7) is 5.63. The van der Waals surface area contributed by atoms with E-state index in [4.69, 9.17) is 0 Å². The van der Waals surface area contributed by atoms with Gasteiger partial charge in [-0.2, -0.15) is 4.31 Å². The molecule has 1 saturated heterocycles. The molecule has 0 bridgehead atoms. The number of aryl methyl sites for hydroxylation is 3. The van der Waals surface area contributed by atoms with Crippen molar-refractivity contribution in [1.29, 1.82) is 0 Å². The van der Waals surface area contributed by atoms with Crippen LogP contribution in [0, 0.1) is 32.4 Å².